The van der Waals surface area contributed by atoms with Crippen molar-refractivity contribution in [1.29, 1.82) is 0 Å². The van der Waals surface area contributed by atoms with E-state index in [4.69, 9.17) is 11.5 Å². The molecule has 0 aromatic rings. The highest BCUT2D eigenvalue weighted by molar-refractivity contribution is 5.75. The second kappa shape index (κ2) is 6.35. The number of nitrogens with zero attached hydrogens (tertiary/aromatic N) is 1. The third-order valence-corrected chi connectivity index (χ3v) is 1.01. The van der Waals surface area contributed by atoms with E-state index in [0.717, 1.165) is 19.5 Å². The molecule has 5 N–H and O–H groups in total. The summed E-state index contributed by atoms with van der Waals surface area (Å²) in [5, 5.41) is 3.17. The van der Waals surface area contributed by atoms with Crippen molar-refractivity contribution in [1.82, 2.24) is 5.32 Å². The summed E-state index contributed by atoms with van der Waals surface area (Å²) >= 11 is 0. The van der Waals surface area contributed by atoms with Gasteiger partial charge < -0.3 is 16.8 Å². The zero-order chi connectivity index (χ0) is 7.82. The molecule has 0 saturated heterocycles. The van der Waals surface area contributed by atoms with Gasteiger partial charge in [-0.3, -0.25) is 4.99 Å². The van der Waals surface area contributed by atoms with Crippen LogP contribution in [0.4, 0.5) is 0 Å². The number of aliphatic imine (C=N–C) groups is 1. The third-order valence-electron chi connectivity index (χ3n) is 1.01. The molecule has 0 aromatic carbocycles. The summed E-state index contributed by atoms with van der Waals surface area (Å²) in [6, 6.07) is 0. The van der Waals surface area contributed by atoms with Crippen molar-refractivity contribution in [2.24, 2.45) is 16.5 Å². The van der Waals surface area contributed by atoms with E-state index in [9.17, 15) is 0 Å². The molecule has 0 bridgehead atoms. The molecule has 0 amide bonds. The normalized spacial score (nSPS) is 9.30. The van der Waals surface area contributed by atoms with E-state index in [0.29, 0.717) is 6.54 Å². The Labute approximate surface area is 61.7 Å². The molecular weight excluding hydrogens is 128 g/mol. The summed E-state index contributed by atoms with van der Waals surface area (Å²) < 4.78 is 0. The van der Waals surface area contributed by atoms with Crippen LogP contribution in [0.15, 0.2) is 4.99 Å². The fraction of sp³-hybridized carbons (Fsp3) is 0.833. The van der Waals surface area contributed by atoms with E-state index in [1.807, 2.05) is 0 Å². The van der Waals surface area contributed by atoms with Crippen LogP contribution in [0.5, 0.6) is 0 Å². The molecule has 0 heterocycles. The maximum absolute atomic E-state index is 5.11. The van der Waals surface area contributed by atoms with Crippen LogP contribution >= 0.6 is 0 Å². The summed E-state index contributed by atoms with van der Waals surface area (Å²) in [6.07, 6.45) is 1.14. The summed E-state index contributed by atoms with van der Waals surface area (Å²) in [6.45, 7) is 4.67. The van der Waals surface area contributed by atoms with Crippen LogP contribution < -0.4 is 16.8 Å². The Morgan fingerprint density at radius 2 is 2.10 bits per heavy atom. The minimum atomic E-state index is 0.165. The zero-order valence-corrected chi connectivity index (χ0v) is 6.43. The van der Waals surface area contributed by atoms with Crippen LogP contribution in [0.1, 0.15) is 13.3 Å². The molecule has 0 aliphatic rings. The molecule has 10 heavy (non-hydrogen) atoms. The lowest BCUT2D eigenvalue weighted by atomic mass is 10.5. The average molecular weight is 144 g/mol. The van der Waals surface area contributed by atoms with Gasteiger partial charge in [0.2, 0.25) is 0 Å². The third kappa shape index (κ3) is 7.23. The van der Waals surface area contributed by atoms with Gasteiger partial charge in [0.15, 0.2) is 5.96 Å². The van der Waals surface area contributed by atoms with Crippen molar-refractivity contribution in [3.8, 4) is 0 Å². The van der Waals surface area contributed by atoms with Gasteiger partial charge in [0.1, 0.15) is 0 Å². The van der Waals surface area contributed by atoms with Crippen molar-refractivity contribution in [3.05, 3.63) is 0 Å². The Hall–Kier alpha value is -0.770. The van der Waals surface area contributed by atoms with E-state index < -0.39 is 0 Å². The molecule has 4 nitrogen and oxygen atoms in total. The van der Waals surface area contributed by atoms with Gasteiger partial charge in [0.25, 0.3) is 0 Å². The zero-order valence-electron chi connectivity index (χ0n) is 6.43. The van der Waals surface area contributed by atoms with Gasteiger partial charge in [-0.05, 0) is 13.0 Å². The second-order valence-corrected chi connectivity index (χ2v) is 2.06. The Kier molecular flexibility index (Phi) is 5.86. The molecule has 0 aromatic heterocycles. The highest BCUT2D eigenvalue weighted by Crippen LogP contribution is 1.70. The molecule has 0 atom stereocenters. The van der Waals surface area contributed by atoms with Crippen LogP contribution in [-0.2, 0) is 0 Å². The van der Waals surface area contributed by atoms with Crippen LogP contribution in [0, 0.1) is 0 Å². The molecule has 0 radical (unpaired) electrons. The molecule has 0 rings (SSSR count). The highest BCUT2D eigenvalue weighted by Gasteiger charge is 1.82. The second-order valence-electron chi connectivity index (χ2n) is 2.06. The maximum Gasteiger partial charge on any atom is 0.185 e. The minimum Gasteiger partial charge on any atom is -0.370 e. The predicted molar refractivity (Wildman–Crippen MR) is 43.8 cm³/mol. The van der Waals surface area contributed by atoms with Gasteiger partial charge in [-0.2, -0.15) is 0 Å². The summed E-state index contributed by atoms with van der Waals surface area (Å²) in [5.41, 5.74) is 10.2. The molecule has 0 spiro atoms. The largest absolute Gasteiger partial charge is 0.370 e. The first-order valence-corrected chi connectivity index (χ1v) is 3.53. The summed E-state index contributed by atoms with van der Waals surface area (Å²) in [4.78, 5) is 3.81. The van der Waals surface area contributed by atoms with Gasteiger partial charge in [0, 0.05) is 6.54 Å². The van der Waals surface area contributed by atoms with Crippen molar-refractivity contribution in [2.75, 3.05) is 19.6 Å². The Bertz CT molecular complexity index is 95.9. The predicted octanol–water partition coefficient (Wildman–Crippen LogP) is -0.741. The van der Waals surface area contributed by atoms with Crippen molar-refractivity contribution < 1.29 is 0 Å². The molecule has 0 aliphatic heterocycles. The van der Waals surface area contributed by atoms with Gasteiger partial charge >= 0.3 is 0 Å². The number of nitrogens with two attached hydrogens (primary N) is 2. The molecule has 0 aliphatic carbocycles. The van der Waals surface area contributed by atoms with Crippen LogP contribution in [0.3, 0.4) is 0 Å². The lowest BCUT2D eigenvalue weighted by Gasteiger charge is -1.98. The fourth-order valence-electron chi connectivity index (χ4n) is 0.566. The summed E-state index contributed by atoms with van der Waals surface area (Å²) in [5.74, 6) is 0.165. The first-order chi connectivity index (χ1) is 4.77. The highest BCUT2D eigenvalue weighted by atomic mass is 15.0. The van der Waals surface area contributed by atoms with Gasteiger partial charge in [-0.1, -0.05) is 6.92 Å². The number of rotatable bonds is 5. The van der Waals surface area contributed by atoms with Crippen LogP contribution in [0.25, 0.3) is 0 Å². The summed E-state index contributed by atoms with van der Waals surface area (Å²) in [7, 11) is 0. The van der Waals surface area contributed by atoms with Gasteiger partial charge in [-0.25, -0.2) is 0 Å². The van der Waals surface area contributed by atoms with E-state index in [1.165, 1.54) is 0 Å². The van der Waals surface area contributed by atoms with E-state index in [2.05, 4.69) is 17.2 Å². The van der Waals surface area contributed by atoms with Gasteiger partial charge in [-0.15, -0.1) is 0 Å². The fourth-order valence-corrected chi connectivity index (χ4v) is 0.566. The quantitative estimate of drug-likeness (QED) is 0.270. The Morgan fingerprint density at radius 1 is 1.40 bits per heavy atom. The van der Waals surface area contributed by atoms with Crippen molar-refractivity contribution in [2.45, 2.75) is 13.3 Å². The average Bonchev–Trinajstić information content (AvgIpc) is 1.87. The van der Waals surface area contributed by atoms with E-state index >= 15 is 0 Å². The lowest BCUT2D eigenvalue weighted by Crippen LogP contribution is -2.25. The molecule has 0 saturated carbocycles. The van der Waals surface area contributed by atoms with Crippen molar-refractivity contribution in [3.63, 3.8) is 0 Å². The lowest BCUT2D eigenvalue weighted by molar-refractivity contribution is 0.678. The number of hydrogen-bond donors (Lipinski definition) is 3. The topological polar surface area (TPSA) is 76.4 Å². The van der Waals surface area contributed by atoms with Crippen LogP contribution in [0.2, 0.25) is 0 Å². The molecular formula is C6H16N4. The van der Waals surface area contributed by atoms with Crippen LogP contribution in [-0.4, -0.2) is 25.6 Å². The van der Waals surface area contributed by atoms with Gasteiger partial charge in [0.05, 0.1) is 6.54 Å². The molecule has 4 heteroatoms. The van der Waals surface area contributed by atoms with Crippen molar-refractivity contribution >= 4 is 5.96 Å². The molecule has 0 fully saturated rings. The Balaban J connectivity index is 2.98. The number of guanidine groups is 1. The smallest absolute Gasteiger partial charge is 0.185 e. The number of hydrogen-bond acceptors (Lipinski definition) is 2. The monoisotopic (exact) mass is 144 g/mol. The van der Waals surface area contributed by atoms with E-state index in [1.54, 1.807) is 0 Å². The molecule has 60 valence electrons. The SMILES string of the molecule is CCCNCCN=C(N)N. The first kappa shape index (κ1) is 9.23. The maximum atomic E-state index is 5.11. The number of nitrogens with one attached hydrogen (secondary N) is 1. The minimum absolute atomic E-state index is 0.165. The standard InChI is InChI=1S/C6H16N4/c1-2-3-9-4-5-10-6(7)8/h9H,2-5H2,1H3,(H4,7,8,10). The Morgan fingerprint density at radius 3 is 2.60 bits per heavy atom. The molecule has 0 unspecified atom stereocenters. The van der Waals surface area contributed by atoms with E-state index in [-0.39, 0.29) is 5.96 Å². The first-order valence-electron chi connectivity index (χ1n) is 3.53.